The molecule has 0 radical (unpaired) electrons. The van der Waals surface area contributed by atoms with Crippen LogP contribution in [0.4, 0.5) is 0 Å². The van der Waals surface area contributed by atoms with Crippen LogP contribution in [0.5, 0.6) is 0 Å². The minimum Gasteiger partial charge on any atom is -0.380 e. The fourth-order valence-electron chi connectivity index (χ4n) is 1.58. The molecule has 1 aromatic heterocycles. The minimum absolute atomic E-state index is 0.327. The van der Waals surface area contributed by atoms with Gasteiger partial charge < -0.3 is 15.0 Å². The van der Waals surface area contributed by atoms with Crippen LogP contribution in [0.2, 0.25) is 0 Å². The lowest BCUT2D eigenvalue weighted by Gasteiger charge is -2.06. The van der Waals surface area contributed by atoms with Gasteiger partial charge in [0, 0.05) is 13.7 Å². The third-order valence-electron chi connectivity index (χ3n) is 2.32. The molecule has 1 fully saturated rings. The van der Waals surface area contributed by atoms with Gasteiger partial charge in [-0.05, 0) is 29.0 Å². The number of methoxy groups -OCH3 is 1. The summed E-state index contributed by atoms with van der Waals surface area (Å²) in [5.74, 6) is 1.02. The molecule has 0 amide bonds. The Morgan fingerprint density at radius 2 is 2.54 bits per heavy atom. The van der Waals surface area contributed by atoms with Gasteiger partial charge in [-0.15, -0.1) is 0 Å². The summed E-state index contributed by atoms with van der Waals surface area (Å²) >= 11 is 2.22. The van der Waals surface area contributed by atoms with Gasteiger partial charge >= 0.3 is 0 Å². The minimum atomic E-state index is 0.327. The zero-order valence-corrected chi connectivity index (χ0v) is 9.54. The Balaban J connectivity index is 2.03. The molecule has 2 atom stereocenters. The first-order chi connectivity index (χ1) is 6.29. The molecule has 13 heavy (non-hydrogen) atoms. The van der Waals surface area contributed by atoms with E-state index in [1.807, 2.05) is 6.20 Å². The number of H-pyrrole nitrogens is 1. The Hall–Kier alpha value is -0.140. The monoisotopic (exact) mass is 293 g/mol. The highest BCUT2D eigenvalue weighted by atomic mass is 127. The third kappa shape index (κ3) is 2.03. The van der Waals surface area contributed by atoms with E-state index in [1.54, 1.807) is 7.11 Å². The van der Waals surface area contributed by atoms with E-state index >= 15 is 0 Å². The van der Waals surface area contributed by atoms with Crippen molar-refractivity contribution in [3.63, 3.8) is 0 Å². The first-order valence-corrected chi connectivity index (χ1v) is 5.34. The summed E-state index contributed by atoms with van der Waals surface area (Å²) in [4.78, 5) is 7.51. The first kappa shape index (κ1) is 9.42. The van der Waals surface area contributed by atoms with Crippen molar-refractivity contribution in [3.05, 3.63) is 15.7 Å². The van der Waals surface area contributed by atoms with Crippen molar-refractivity contribution < 1.29 is 4.74 Å². The second-order valence-corrected chi connectivity index (χ2v) is 4.33. The first-order valence-electron chi connectivity index (χ1n) is 4.26. The molecule has 1 saturated heterocycles. The van der Waals surface area contributed by atoms with Crippen molar-refractivity contribution in [3.8, 4) is 0 Å². The Labute approximate surface area is 90.6 Å². The molecule has 0 spiro atoms. The van der Waals surface area contributed by atoms with Crippen LogP contribution in [-0.4, -0.2) is 29.7 Å². The molecule has 0 unspecified atom stereocenters. The van der Waals surface area contributed by atoms with Gasteiger partial charge in [0.05, 0.1) is 22.0 Å². The van der Waals surface area contributed by atoms with Gasteiger partial charge in [-0.25, -0.2) is 4.98 Å². The van der Waals surface area contributed by atoms with E-state index in [-0.39, 0.29) is 0 Å². The molecule has 0 aromatic carbocycles. The van der Waals surface area contributed by atoms with Crippen molar-refractivity contribution in [2.75, 3.05) is 13.7 Å². The molecule has 72 valence electrons. The van der Waals surface area contributed by atoms with Crippen LogP contribution in [-0.2, 0) is 4.74 Å². The average Bonchev–Trinajstić information content (AvgIpc) is 2.71. The van der Waals surface area contributed by atoms with Gasteiger partial charge in [0.15, 0.2) is 0 Å². The molecule has 0 aliphatic carbocycles. The smallest absolute Gasteiger partial charge is 0.124 e. The van der Waals surface area contributed by atoms with Gasteiger partial charge in [-0.1, -0.05) is 0 Å². The van der Waals surface area contributed by atoms with Crippen LogP contribution in [0.1, 0.15) is 18.3 Å². The Morgan fingerprint density at radius 1 is 1.69 bits per heavy atom. The SMILES string of the molecule is CO[C@@H]1CN[C@H](c2ncc(I)[nH]2)C1. The number of aromatic nitrogens is 2. The van der Waals surface area contributed by atoms with Crippen molar-refractivity contribution >= 4 is 22.6 Å². The van der Waals surface area contributed by atoms with Crippen LogP contribution in [0, 0.1) is 3.70 Å². The lowest BCUT2D eigenvalue weighted by molar-refractivity contribution is 0.117. The zero-order chi connectivity index (χ0) is 9.26. The predicted octanol–water partition coefficient (Wildman–Crippen LogP) is 1.06. The number of imidazole rings is 1. The summed E-state index contributed by atoms with van der Waals surface area (Å²) < 4.78 is 6.34. The fourth-order valence-corrected chi connectivity index (χ4v) is 2.00. The molecule has 2 rings (SSSR count). The van der Waals surface area contributed by atoms with Crippen molar-refractivity contribution in [1.82, 2.24) is 15.3 Å². The van der Waals surface area contributed by atoms with E-state index in [0.717, 1.165) is 22.5 Å². The Kier molecular flexibility index (Phi) is 2.85. The molecule has 0 bridgehead atoms. The molecule has 1 aliphatic heterocycles. The molecule has 4 nitrogen and oxygen atoms in total. The third-order valence-corrected chi connectivity index (χ3v) is 2.87. The molecular weight excluding hydrogens is 281 g/mol. The number of aromatic amines is 1. The molecule has 2 heterocycles. The van der Waals surface area contributed by atoms with Crippen molar-refractivity contribution in [2.24, 2.45) is 0 Å². The Morgan fingerprint density at radius 3 is 3.08 bits per heavy atom. The largest absolute Gasteiger partial charge is 0.380 e. The van der Waals surface area contributed by atoms with Gasteiger partial charge in [0.1, 0.15) is 5.82 Å². The summed E-state index contributed by atoms with van der Waals surface area (Å²) in [5, 5.41) is 3.37. The molecule has 0 saturated carbocycles. The van der Waals surface area contributed by atoms with E-state index in [4.69, 9.17) is 4.74 Å². The maximum atomic E-state index is 5.26. The molecule has 2 N–H and O–H groups in total. The molecule has 1 aromatic rings. The molecule has 1 aliphatic rings. The van der Waals surface area contributed by atoms with Gasteiger partial charge in [0.25, 0.3) is 0 Å². The number of hydrogen-bond acceptors (Lipinski definition) is 3. The summed E-state index contributed by atoms with van der Waals surface area (Å²) in [5.41, 5.74) is 0. The quantitative estimate of drug-likeness (QED) is 0.802. The number of ether oxygens (including phenoxy) is 1. The normalized spacial score (nSPS) is 28.2. The molecule has 5 heteroatoms. The van der Waals surface area contributed by atoms with Crippen LogP contribution in [0.25, 0.3) is 0 Å². The highest BCUT2D eigenvalue weighted by Gasteiger charge is 2.26. The number of nitrogens with zero attached hydrogens (tertiary/aromatic N) is 1. The maximum Gasteiger partial charge on any atom is 0.124 e. The fraction of sp³-hybridized carbons (Fsp3) is 0.625. The number of hydrogen-bond donors (Lipinski definition) is 2. The number of nitrogens with one attached hydrogen (secondary N) is 2. The number of halogens is 1. The van der Waals surface area contributed by atoms with E-state index in [1.165, 1.54) is 0 Å². The van der Waals surface area contributed by atoms with Crippen LogP contribution in [0.15, 0.2) is 6.20 Å². The predicted molar refractivity (Wildman–Crippen MR) is 57.5 cm³/mol. The van der Waals surface area contributed by atoms with E-state index in [9.17, 15) is 0 Å². The van der Waals surface area contributed by atoms with Crippen molar-refractivity contribution in [1.29, 1.82) is 0 Å². The van der Waals surface area contributed by atoms with E-state index < -0.39 is 0 Å². The van der Waals surface area contributed by atoms with Gasteiger partial charge in [0.2, 0.25) is 0 Å². The second kappa shape index (κ2) is 3.93. The summed E-state index contributed by atoms with van der Waals surface area (Å²) in [7, 11) is 1.75. The van der Waals surface area contributed by atoms with Crippen molar-refractivity contribution in [2.45, 2.75) is 18.6 Å². The van der Waals surface area contributed by atoms with Crippen LogP contribution >= 0.6 is 22.6 Å². The highest BCUT2D eigenvalue weighted by Crippen LogP contribution is 2.22. The summed E-state index contributed by atoms with van der Waals surface area (Å²) in [6.45, 7) is 0.915. The van der Waals surface area contributed by atoms with Gasteiger partial charge in [-0.3, -0.25) is 0 Å². The second-order valence-electron chi connectivity index (χ2n) is 3.17. The van der Waals surface area contributed by atoms with E-state index in [2.05, 4.69) is 37.9 Å². The molecular formula is C8H12IN3O. The highest BCUT2D eigenvalue weighted by molar-refractivity contribution is 14.1. The lowest BCUT2D eigenvalue weighted by Crippen LogP contribution is -2.16. The van der Waals surface area contributed by atoms with Gasteiger partial charge in [-0.2, -0.15) is 0 Å². The topological polar surface area (TPSA) is 49.9 Å². The average molecular weight is 293 g/mol. The summed E-state index contributed by atoms with van der Waals surface area (Å²) in [6, 6.07) is 0.327. The summed E-state index contributed by atoms with van der Waals surface area (Å²) in [6.07, 6.45) is 3.17. The lowest BCUT2D eigenvalue weighted by atomic mass is 10.2. The number of rotatable bonds is 2. The van der Waals surface area contributed by atoms with Crippen LogP contribution in [0.3, 0.4) is 0 Å². The standard InChI is InChI=1S/C8H12IN3O/c1-13-5-2-6(10-3-5)8-11-4-7(9)12-8/h4-6,10H,2-3H2,1H3,(H,11,12)/t5-,6-/m0/s1. The van der Waals surface area contributed by atoms with Crippen LogP contribution < -0.4 is 5.32 Å². The Bertz CT molecular complexity index is 289. The van der Waals surface area contributed by atoms with E-state index in [0.29, 0.717) is 12.1 Å². The zero-order valence-electron chi connectivity index (χ0n) is 7.38. The maximum absolute atomic E-state index is 5.26.